The minimum absolute atomic E-state index is 0. The Kier molecular flexibility index (Phi) is 5.53. The van der Waals surface area contributed by atoms with E-state index >= 15 is 0 Å². The number of hydrogen-bond acceptors (Lipinski definition) is 5. The molecule has 0 amide bonds. The second-order valence-electron chi connectivity index (χ2n) is 2.97. The Hall–Kier alpha value is -0.233. The number of nitrogens with one attached hydrogen (secondary N) is 1. The van der Waals surface area contributed by atoms with Crippen molar-refractivity contribution in [3.8, 4) is 0 Å². The number of anilines is 1. The van der Waals surface area contributed by atoms with E-state index in [-0.39, 0.29) is 29.6 Å². The summed E-state index contributed by atoms with van der Waals surface area (Å²) >= 11 is 5.63. The molecule has 0 saturated heterocycles. The van der Waals surface area contributed by atoms with Gasteiger partial charge in [0.15, 0.2) is 0 Å². The fourth-order valence-corrected chi connectivity index (χ4v) is 2.22. The van der Waals surface area contributed by atoms with Gasteiger partial charge in [-0.3, -0.25) is 4.72 Å². The van der Waals surface area contributed by atoms with Crippen LogP contribution in [0.5, 0.6) is 0 Å². The van der Waals surface area contributed by atoms with Crippen LogP contribution in [0.1, 0.15) is 0 Å². The molecule has 0 fully saturated rings. The van der Waals surface area contributed by atoms with Crippen molar-refractivity contribution in [1.82, 2.24) is 0 Å². The van der Waals surface area contributed by atoms with E-state index in [0.717, 1.165) is 24.5 Å². The van der Waals surface area contributed by atoms with E-state index in [9.17, 15) is 21.4 Å². The molecule has 0 bridgehead atoms. The van der Waals surface area contributed by atoms with Gasteiger partial charge in [0.05, 0.1) is 21.9 Å². The van der Waals surface area contributed by atoms with E-state index in [0.29, 0.717) is 0 Å². The second-order valence-corrected chi connectivity index (χ2v) is 6.51. The van der Waals surface area contributed by atoms with Gasteiger partial charge < -0.3 is 4.55 Å². The monoisotopic (exact) mass is 291 g/mol. The molecule has 0 aliphatic carbocycles. The summed E-state index contributed by atoms with van der Waals surface area (Å²) < 4.78 is 55.9. The first-order valence-electron chi connectivity index (χ1n) is 3.83. The van der Waals surface area contributed by atoms with Gasteiger partial charge in [0, 0.05) is 0 Å². The van der Waals surface area contributed by atoms with Gasteiger partial charge >= 0.3 is 18.9 Å². The van der Waals surface area contributed by atoms with Crippen LogP contribution in [0.4, 0.5) is 5.69 Å². The Morgan fingerprint density at radius 2 is 1.76 bits per heavy atom. The summed E-state index contributed by atoms with van der Waals surface area (Å²) in [5, 5.41) is -0.00201. The molecule has 0 aliphatic rings. The van der Waals surface area contributed by atoms with Crippen LogP contribution in [0.3, 0.4) is 0 Å². The molecule has 10 heteroatoms. The molecule has 0 saturated carbocycles. The molecule has 0 spiro atoms. The molecule has 0 atom stereocenters. The number of rotatable bonds is 3. The smallest absolute Gasteiger partial charge is 0.744 e. The standard InChI is InChI=1S/C7H8ClNO5S2.Li/c1-15(10,11)9-7-4-5(16(12,13)14)2-3-6(7)8;/h2-4,9H,1H3,(H,12,13,14);/q;+1/p-1. The van der Waals surface area contributed by atoms with Crippen molar-refractivity contribution in [2.45, 2.75) is 4.90 Å². The molecule has 1 aromatic rings. The molecule has 0 aliphatic heterocycles. The van der Waals surface area contributed by atoms with Gasteiger partial charge in [-0.15, -0.1) is 0 Å². The first-order valence-corrected chi connectivity index (χ1v) is 7.50. The first kappa shape index (κ1) is 16.8. The molecule has 0 radical (unpaired) electrons. The Labute approximate surface area is 116 Å². The summed E-state index contributed by atoms with van der Waals surface area (Å²) in [4.78, 5) is -0.553. The van der Waals surface area contributed by atoms with E-state index in [1.165, 1.54) is 0 Å². The van der Waals surface area contributed by atoms with Gasteiger partial charge in [-0.25, -0.2) is 16.8 Å². The summed E-state index contributed by atoms with van der Waals surface area (Å²) in [6, 6.07) is 2.99. The predicted molar refractivity (Wildman–Crippen MR) is 57.9 cm³/mol. The second kappa shape index (κ2) is 5.61. The van der Waals surface area contributed by atoms with E-state index in [1.807, 2.05) is 4.72 Å². The summed E-state index contributed by atoms with van der Waals surface area (Å²) in [6.45, 7) is 0. The van der Waals surface area contributed by atoms with E-state index in [2.05, 4.69) is 0 Å². The van der Waals surface area contributed by atoms with Gasteiger partial charge in [0.1, 0.15) is 10.1 Å². The van der Waals surface area contributed by atoms with Crippen LogP contribution in [0.25, 0.3) is 0 Å². The molecule has 0 unspecified atom stereocenters. The third-order valence-electron chi connectivity index (χ3n) is 1.52. The van der Waals surface area contributed by atoms with Crippen molar-refractivity contribution < 1.29 is 40.2 Å². The number of hydrogen-bond donors (Lipinski definition) is 1. The topological polar surface area (TPSA) is 103 Å². The third kappa shape index (κ3) is 5.29. The Bertz CT molecular complexity index is 613. The summed E-state index contributed by atoms with van der Waals surface area (Å²) in [6.07, 6.45) is 0.877. The molecule has 1 rings (SSSR count). The Balaban J connectivity index is 0.00000256. The third-order valence-corrected chi connectivity index (χ3v) is 3.27. The first-order chi connectivity index (χ1) is 7.09. The Morgan fingerprint density at radius 3 is 2.18 bits per heavy atom. The zero-order valence-electron chi connectivity index (χ0n) is 8.97. The maximum Gasteiger partial charge on any atom is 1.00 e. The normalized spacial score (nSPS) is 11.7. The van der Waals surface area contributed by atoms with Crippen molar-refractivity contribution in [2.75, 3.05) is 11.0 Å². The van der Waals surface area contributed by atoms with Gasteiger partial charge in [-0.1, -0.05) is 11.6 Å². The minimum atomic E-state index is -4.64. The van der Waals surface area contributed by atoms with Crippen molar-refractivity contribution in [1.29, 1.82) is 0 Å². The van der Waals surface area contributed by atoms with Crippen LogP contribution in [0.15, 0.2) is 23.1 Å². The molecular weight excluding hydrogens is 285 g/mol. The summed E-state index contributed by atoms with van der Waals surface area (Å²) in [5.41, 5.74) is -0.152. The molecule has 17 heavy (non-hydrogen) atoms. The van der Waals surface area contributed by atoms with Crippen molar-refractivity contribution >= 4 is 37.4 Å². The summed E-state index contributed by atoms with van der Waals surface area (Å²) in [7, 11) is -8.23. The quantitative estimate of drug-likeness (QED) is 0.495. The maximum absolute atomic E-state index is 10.9. The number of sulfonamides is 1. The van der Waals surface area contributed by atoms with Crippen LogP contribution < -0.4 is 23.6 Å². The Morgan fingerprint density at radius 1 is 1.24 bits per heavy atom. The molecular formula is C7H7ClLiNO5S2. The SMILES string of the molecule is CS(=O)(=O)Nc1cc(S(=O)(=O)[O-])ccc1Cl.[Li+]. The van der Waals surface area contributed by atoms with E-state index < -0.39 is 25.0 Å². The van der Waals surface area contributed by atoms with Crippen LogP contribution in [0, 0.1) is 0 Å². The zero-order chi connectivity index (χ0) is 12.6. The van der Waals surface area contributed by atoms with Gasteiger partial charge in [-0.2, -0.15) is 0 Å². The number of halogens is 1. The average Bonchev–Trinajstić information content (AvgIpc) is 2.04. The molecule has 0 heterocycles. The molecule has 1 aromatic carbocycles. The molecule has 0 aromatic heterocycles. The minimum Gasteiger partial charge on any atom is -0.744 e. The fourth-order valence-electron chi connectivity index (χ4n) is 0.938. The number of benzene rings is 1. The van der Waals surface area contributed by atoms with Crippen LogP contribution >= 0.6 is 11.6 Å². The predicted octanol–water partition coefficient (Wildman–Crippen LogP) is -2.38. The van der Waals surface area contributed by atoms with Crippen molar-refractivity contribution in [2.24, 2.45) is 0 Å². The maximum atomic E-state index is 10.9. The van der Waals surface area contributed by atoms with Gasteiger partial charge in [-0.05, 0) is 18.2 Å². The van der Waals surface area contributed by atoms with Crippen LogP contribution in [-0.2, 0) is 20.1 Å². The molecule has 6 nitrogen and oxygen atoms in total. The largest absolute Gasteiger partial charge is 1.00 e. The fraction of sp³-hybridized carbons (Fsp3) is 0.143. The molecule has 1 N–H and O–H groups in total. The van der Waals surface area contributed by atoms with E-state index in [1.54, 1.807) is 0 Å². The summed E-state index contributed by atoms with van der Waals surface area (Å²) in [5.74, 6) is 0. The average molecular weight is 292 g/mol. The van der Waals surface area contributed by atoms with Crippen molar-refractivity contribution in [3.63, 3.8) is 0 Å². The van der Waals surface area contributed by atoms with Gasteiger partial charge in [0.2, 0.25) is 10.0 Å². The van der Waals surface area contributed by atoms with Crippen LogP contribution in [-0.4, -0.2) is 27.6 Å². The van der Waals surface area contributed by atoms with E-state index in [4.69, 9.17) is 11.6 Å². The van der Waals surface area contributed by atoms with Crippen LogP contribution in [0.2, 0.25) is 5.02 Å². The zero-order valence-corrected chi connectivity index (χ0v) is 11.4. The van der Waals surface area contributed by atoms with Crippen molar-refractivity contribution in [3.05, 3.63) is 23.2 Å². The van der Waals surface area contributed by atoms with Gasteiger partial charge in [0.25, 0.3) is 0 Å². The molecule has 90 valence electrons.